The summed E-state index contributed by atoms with van der Waals surface area (Å²) in [5.74, 6) is -1.74. The molecule has 1 atom stereocenters. The molecule has 8 nitrogen and oxygen atoms in total. The van der Waals surface area contributed by atoms with Crippen molar-refractivity contribution in [1.82, 2.24) is 20.5 Å². The van der Waals surface area contributed by atoms with Crippen LogP contribution in [0.15, 0.2) is 48.8 Å². The molecule has 1 aliphatic heterocycles. The summed E-state index contributed by atoms with van der Waals surface area (Å²) >= 11 is 0. The van der Waals surface area contributed by atoms with Crippen LogP contribution in [0.25, 0.3) is 0 Å². The van der Waals surface area contributed by atoms with E-state index in [1.165, 1.54) is 13.1 Å². The van der Waals surface area contributed by atoms with Gasteiger partial charge in [-0.1, -0.05) is 12.1 Å². The lowest BCUT2D eigenvalue weighted by Gasteiger charge is -2.21. The van der Waals surface area contributed by atoms with Gasteiger partial charge in [-0.25, -0.2) is 0 Å². The van der Waals surface area contributed by atoms with Gasteiger partial charge < -0.3 is 10.6 Å². The second kappa shape index (κ2) is 7.77. The third-order valence-corrected chi connectivity index (χ3v) is 4.23. The number of pyridine rings is 1. The van der Waals surface area contributed by atoms with Crippen molar-refractivity contribution in [3.05, 3.63) is 65.5 Å². The molecule has 2 aromatic rings. The summed E-state index contributed by atoms with van der Waals surface area (Å²) in [7, 11) is 0. The number of hydrogen-bond acceptors (Lipinski definition) is 5. The van der Waals surface area contributed by atoms with Gasteiger partial charge in [0.15, 0.2) is 0 Å². The molecule has 0 spiro atoms. The predicted octanol–water partition coefficient (Wildman–Crippen LogP) is 0.612. The van der Waals surface area contributed by atoms with Crippen LogP contribution in [0, 0.1) is 0 Å². The van der Waals surface area contributed by atoms with Crippen molar-refractivity contribution in [2.75, 3.05) is 13.1 Å². The molecule has 0 saturated heterocycles. The van der Waals surface area contributed by atoms with Crippen molar-refractivity contribution >= 4 is 23.6 Å². The summed E-state index contributed by atoms with van der Waals surface area (Å²) < 4.78 is 0. The molecule has 0 fully saturated rings. The minimum atomic E-state index is -0.952. The van der Waals surface area contributed by atoms with Gasteiger partial charge in [0.05, 0.1) is 16.7 Å². The molecule has 0 saturated carbocycles. The van der Waals surface area contributed by atoms with Crippen LogP contribution in [-0.2, 0) is 4.79 Å². The zero-order valence-corrected chi connectivity index (χ0v) is 14.6. The largest absolute Gasteiger partial charge is 0.353 e. The minimum Gasteiger partial charge on any atom is -0.353 e. The van der Waals surface area contributed by atoms with E-state index in [1.807, 2.05) is 0 Å². The number of fused-ring (bicyclic) bond motifs is 1. The fourth-order valence-electron chi connectivity index (χ4n) is 2.79. The van der Waals surface area contributed by atoms with Crippen LogP contribution < -0.4 is 10.6 Å². The molecule has 138 valence electrons. The highest BCUT2D eigenvalue weighted by molar-refractivity contribution is 6.22. The van der Waals surface area contributed by atoms with Crippen LogP contribution >= 0.6 is 0 Å². The van der Waals surface area contributed by atoms with Gasteiger partial charge in [-0.05, 0) is 31.2 Å². The molecule has 1 unspecified atom stereocenters. The Morgan fingerprint density at radius 3 is 2.22 bits per heavy atom. The molecule has 2 N–H and O–H groups in total. The monoisotopic (exact) mass is 366 g/mol. The minimum absolute atomic E-state index is 0.165. The number of benzene rings is 1. The van der Waals surface area contributed by atoms with Crippen LogP contribution in [0.3, 0.4) is 0 Å². The van der Waals surface area contributed by atoms with Crippen LogP contribution in [0.1, 0.15) is 38.0 Å². The second-order valence-corrected chi connectivity index (χ2v) is 5.99. The second-order valence-electron chi connectivity index (χ2n) is 5.99. The quantitative estimate of drug-likeness (QED) is 0.575. The summed E-state index contributed by atoms with van der Waals surface area (Å²) in [4.78, 5) is 53.8. The van der Waals surface area contributed by atoms with Gasteiger partial charge in [-0.2, -0.15) is 0 Å². The molecule has 0 bridgehead atoms. The fourth-order valence-corrected chi connectivity index (χ4v) is 2.79. The van der Waals surface area contributed by atoms with Crippen molar-refractivity contribution in [1.29, 1.82) is 0 Å². The zero-order chi connectivity index (χ0) is 19.4. The third kappa shape index (κ3) is 3.69. The lowest BCUT2D eigenvalue weighted by atomic mass is 10.1. The van der Waals surface area contributed by atoms with Gasteiger partial charge in [0.2, 0.25) is 5.91 Å². The number of amides is 4. The molecule has 3 rings (SSSR count). The average Bonchev–Trinajstić information content (AvgIpc) is 2.95. The Kier molecular flexibility index (Phi) is 5.25. The molecule has 27 heavy (non-hydrogen) atoms. The summed E-state index contributed by atoms with van der Waals surface area (Å²) in [6.45, 7) is 1.86. The maximum absolute atomic E-state index is 12.4. The average molecular weight is 366 g/mol. The Labute approximate surface area is 155 Å². The van der Waals surface area contributed by atoms with E-state index in [4.69, 9.17) is 0 Å². The molecule has 8 heteroatoms. The number of carbonyl (C=O) groups is 4. The summed E-state index contributed by atoms with van der Waals surface area (Å²) in [5, 5.41) is 5.27. The van der Waals surface area contributed by atoms with Crippen molar-refractivity contribution in [3.63, 3.8) is 0 Å². The Hall–Kier alpha value is -3.55. The van der Waals surface area contributed by atoms with Gasteiger partial charge in [0, 0.05) is 25.5 Å². The number of nitrogens with one attached hydrogen (secondary N) is 2. The number of hydrogen-bond donors (Lipinski definition) is 2. The zero-order valence-electron chi connectivity index (χ0n) is 14.6. The maximum Gasteiger partial charge on any atom is 0.262 e. The molecular formula is C19H18N4O4. The van der Waals surface area contributed by atoms with Crippen LogP contribution in [0.5, 0.6) is 0 Å². The Morgan fingerprint density at radius 1 is 1.00 bits per heavy atom. The molecule has 1 aromatic carbocycles. The fraction of sp³-hybridized carbons (Fsp3) is 0.211. The van der Waals surface area contributed by atoms with Gasteiger partial charge in [-0.3, -0.25) is 29.1 Å². The lowest BCUT2D eigenvalue weighted by molar-refractivity contribution is -0.124. The predicted molar refractivity (Wildman–Crippen MR) is 96.0 cm³/mol. The van der Waals surface area contributed by atoms with Crippen molar-refractivity contribution in [2.24, 2.45) is 0 Å². The number of rotatable bonds is 6. The van der Waals surface area contributed by atoms with Crippen LogP contribution in [-0.4, -0.2) is 52.6 Å². The van der Waals surface area contributed by atoms with E-state index >= 15 is 0 Å². The van der Waals surface area contributed by atoms with E-state index in [9.17, 15) is 19.2 Å². The molecular weight excluding hydrogens is 348 g/mol. The first-order chi connectivity index (χ1) is 13.0. The standard InChI is InChI=1S/C19H18N4O4/c1-12(23-18(26)14-6-2-3-7-15(14)19(23)27)16(24)21-9-10-22-17(25)13-5-4-8-20-11-13/h2-8,11-12H,9-10H2,1H3,(H,21,24)(H,22,25). The van der Waals surface area contributed by atoms with Gasteiger partial charge >= 0.3 is 0 Å². The molecule has 0 radical (unpaired) electrons. The SMILES string of the molecule is CC(C(=O)NCCNC(=O)c1cccnc1)N1C(=O)c2ccccc2C1=O. The first-order valence-corrected chi connectivity index (χ1v) is 8.43. The lowest BCUT2D eigenvalue weighted by Crippen LogP contribution is -2.49. The first-order valence-electron chi connectivity index (χ1n) is 8.43. The summed E-state index contributed by atoms with van der Waals surface area (Å²) in [6, 6.07) is 8.80. The third-order valence-electron chi connectivity index (χ3n) is 4.23. The highest BCUT2D eigenvalue weighted by Crippen LogP contribution is 2.24. The van der Waals surface area contributed by atoms with E-state index in [2.05, 4.69) is 15.6 Å². The molecule has 1 aliphatic rings. The first kappa shape index (κ1) is 18.2. The molecule has 2 heterocycles. The van der Waals surface area contributed by atoms with Crippen molar-refractivity contribution in [2.45, 2.75) is 13.0 Å². The number of imide groups is 1. The van der Waals surface area contributed by atoms with Crippen LogP contribution in [0.4, 0.5) is 0 Å². The summed E-state index contributed by atoms with van der Waals surface area (Å²) in [6.07, 6.45) is 3.01. The van der Waals surface area contributed by atoms with E-state index in [0.717, 1.165) is 4.90 Å². The highest BCUT2D eigenvalue weighted by Gasteiger charge is 2.40. The van der Waals surface area contributed by atoms with Crippen molar-refractivity contribution in [3.8, 4) is 0 Å². The van der Waals surface area contributed by atoms with E-state index in [0.29, 0.717) is 16.7 Å². The smallest absolute Gasteiger partial charge is 0.262 e. The number of aromatic nitrogens is 1. The molecule has 1 aromatic heterocycles. The van der Waals surface area contributed by atoms with Gasteiger partial charge in [0.25, 0.3) is 17.7 Å². The Balaban J connectivity index is 1.51. The normalized spacial score (nSPS) is 13.9. The maximum atomic E-state index is 12.4. The molecule has 0 aliphatic carbocycles. The number of nitrogens with zero attached hydrogens (tertiary/aromatic N) is 2. The Bertz CT molecular complexity index is 863. The Morgan fingerprint density at radius 2 is 1.63 bits per heavy atom. The van der Waals surface area contributed by atoms with Gasteiger partial charge in [0.1, 0.15) is 6.04 Å². The molecule has 4 amide bonds. The van der Waals surface area contributed by atoms with Crippen molar-refractivity contribution < 1.29 is 19.2 Å². The number of carbonyl (C=O) groups excluding carboxylic acids is 4. The van der Waals surface area contributed by atoms with E-state index in [-0.39, 0.29) is 19.0 Å². The topological polar surface area (TPSA) is 108 Å². The van der Waals surface area contributed by atoms with E-state index in [1.54, 1.807) is 42.6 Å². The van der Waals surface area contributed by atoms with Gasteiger partial charge in [-0.15, -0.1) is 0 Å². The van der Waals surface area contributed by atoms with Crippen LogP contribution in [0.2, 0.25) is 0 Å². The summed E-state index contributed by atoms with van der Waals surface area (Å²) in [5.41, 5.74) is 1.01. The van der Waals surface area contributed by atoms with E-state index < -0.39 is 23.8 Å². The highest BCUT2D eigenvalue weighted by atomic mass is 16.2.